The lowest BCUT2D eigenvalue weighted by atomic mass is 9.85. The molecule has 7 nitrogen and oxygen atoms in total. The summed E-state index contributed by atoms with van der Waals surface area (Å²) in [6.07, 6.45) is 0.735. The van der Waals surface area contributed by atoms with E-state index in [1.54, 1.807) is 27.4 Å². The number of hydrogen-bond donors (Lipinski definition) is 1. The number of aliphatic hydroxyl groups is 1. The van der Waals surface area contributed by atoms with Gasteiger partial charge in [-0.25, -0.2) is 0 Å². The number of methoxy groups -OCH3 is 3. The van der Waals surface area contributed by atoms with Gasteiger partial charge >= 0.3 is 0 Å². The maximum atomic E-state index is 11.2. The van der Waals surface area contributed by atoms with Crippen molar-refractivity contribution in [2.45, 2.75) is 25.0 Å². The Hall–Kier alpha value is -2.64. The molecule has 0 saturated heterocycles. The fraction of sp³-hybridized carbons (Fsp3) is 0.478. The highest BCUT2D eigenvalue weighted by Gasteiger charge is 2.42. The summed E-state index contributed by atoms with van der Waals surface area (Å²) in [6, 6.07) is 7.59. The smallest absolute Gasteiger partial charge is 0.231 e. The van der Waals surface area contributed by atoms with Crippen molar-refractivity contribution in [2.75, 3.05) is 48.8 Å². The van der Waals surface area contributed by atoms with Gasteiger partial charge in [0.1, 0.15) is 17.5 Å². The zero-order valence-electron chi connectivity index (χ0n) is 18.2. The van der Waals surface area contributed by atoms with Crippen LogP contribution in [0.15, 0.2) is 24.3 Å². The molecule has 2 aliphatic rings. The van der Waals surface area contributed by atoms with Crippen LogP contribution < -0.4 is 23.7 Å². The van der Waals surface area contributed by atoms with Crippen molar-refractivity contribution in [3.63, 3.8) is 0 Å². The largest absolute Gasteiger partial charge is 0.497 e. The van der Waals surface area contributed by atoms with Crippen molar-refractivity contribution < 1.29 is 33.3 Å². The third-order valence-electron chi connectivity index (χ3n) is 6.29. The highest BCUT2D eigenvalue weighted by molar-refractivity contribution is 5.61. The lowest BCUT2D eigenvalue weighted by Gasteiger charge is -2.44. The van der Waals surface area contributed by atoms with Crippen molar-refractivity contribution in [1.29, 1.82) is 0 Å². The third-order valence-corrected chi connectivity index (χ3v) is 6.29. The van der Waals surface area contributed by atoms with E-state index in [2.05, 4.69) is 20.2 Å². The number of likely N-dealkylation sites (N-methyl/N-ethyl adjacent to an activating group) is 1. The van der Waals surface area contributed by atoms with E-state index in [4.69, 9.17) is 23.7 Å². The van der Waals surface area contributed by atoms with Gasteiger partial charge in [0.05, 0.1) is 53.6 Å². The quantitative estimate of drug-likeness (QED) is 0.730. The highest BCUT2D eigenvalue weighted by Crippen LogP contribution is 2.52. The topological polar surface area (TPSA) is 66.4 Å². The summed E-state index contributed by atoms with van der Waals surface area (Å²) in [5.41, 5.74) is 3.04. The van der Waals surface area contributed by atoms with E-state index in [0.29, 0.717) is 29.4 Å². The first-order valence-electron chi connectivity index (χ1n) is 10.1. The van der Waals surface area contributed by atoms with E-state index < -0.39 is 6.10 Å². The second-order valence-electron chi connectivity index (χ2n) is 8.38. The van der Waals surface area contributed by atoms with Crippen LogP contribution in [0.4, 0.5) is 0 Å². The Kier molecular flexibility index (Phi) is 5.42. The standard InChI is InChI=1S/C23H30NO6/c1-24(2)7-6-14-10-20-22(30-13-29-20)23(28-5)21(14)18(24)12-19(25)15-8-16(26-3)11-17(9-15)27-4/h8-11,18-19,25H,6-7,12-13H2,1-5H3/q+1. The first-order valence-corrected chi connectivity index (χ1v) is 10.1. The third kappa shape index (κ3) is 3.52. The molecule has 30 heavy (non-hydrogen) atoms. The number of benzene rings is 2. The summed E-state index contributed by atoms with van der Waals surface area (Å²) >= 11 is 0. The molecule has 2 heterocycles. The number of ether oxygens (including phenoxy) is 5. The number of nitrogens with zero attached hydrogens (tertiary/aromatic N) is 1. The molecular formula is C23H30NO6+. The van der Waals surface area contributed by atoms with Gasteiger partial charge in [0, 0.05) is 18.9 Å². The van der Waals surface area contributed by atoms with Gasteiger partial charge < -0.3 is 33.3 Å². The van der Waals surface area contributed by atoms with Crippen LogP contribution in [-0.4, -0.2) is 58.4 Å². The summed E-state index contributed by atoms with van der Waals surface area (Å²) in [5.74, 6) is 3.41. The molecule has 0 aromatic heterocycles. The number of rotatable bonds is 6. The molecule has 2 aromatic rings. The van der Waals surface area contributed by atoms with Gasteiger partial charge in [-0.2, -0.15) is 0 Å². The zero-order chi connectivity index (χ0) is 21.5. The minimum atomic E-state index is -0.697. The van der Waals surface area contributed by atoms with E-state index in [1.165, 1.54) is 5.56 Å². The highest BCUT2D eigenvalue weighted by atomic mass is 16.7. The molecule has 2 unspecified atom stereocenters. The fourth-order valence-corrected chi connectivity index (χ4v) is 4.54. The predicted octanol–water partition coefficient (Wildman–Crippen LogP) is 3.24. The lowest BCUT2D eigenvalue weighted by molar-refractivity contribution is -0.924. The summed E-state index contributed by atoms with van der Waals surface area (Å²) < 4.78 is 28.6. The van der Waals surface area contributed by atoms with Crippen LogP contribution >= 0.6 is 0 Å². The Balaban J connectivity index is 1.74. The summed E-state index contributed by atoms with van der Waals surface area (Å²) in [7, 11) is 9.26. The maximum absolute atomic E-state index is 11.2. The van der Waals surface area contributed by atoms with Gasteiger partial charge in [0.15, 0.2) is 11.5 Å². The maximum Gasteiger partial charge on any atom is 0.231 e. The minimum absolute atomic E-state index is 0.0189. The average molecular weight is 416 g/mol. The fourth-order valence-electron chi connectivity index (χ4n) is 4.54. The zero-order valence-corrected chi connectivity index (χ0v) is 18.2. The molecule has 7 heteroatoms. The SMILES string of the molecule is COc1cc(OC)cc(C(O)CC2c3c(cc4c(c3OC)OCO4)CC[N+]2(C)C)c1. The Morgan fingerprint density at radius 2 is 1.73 bits per heavy atom. The molecule has 1 N–H and O–H groups in total. The first kappa shape index (κ1) is 20.6. The number of quaternary nitrogens is 1. The summed E-state index contributed by atoms with van der Waals surface area (Å²) in [5, 5.41) is 11.2. The average Bonchev–Trinajstić information content (AvgIpc) is 3.22. The van der Waals surface area contributed by atoms with Crippen LogP contribution in [0, 0.1) is 0 Å². The molecule has 2 atom stereocenters. The van der Waals surface area contributed by atoms with Gasteiger partial charge in [-0.15, -0.1) is 0 Å². The van der Waals surface area contributed by atoms with Crippen LogP contribution in [0.25, 0.3) is 0 Å². The van der Waals surface area contributed by atoms with E-state index in [-0.39, 0.29) is 12.8 Å². The van der Waals surface area contributed by atoms with Gasteiger partial charge in [0.2, 0.25) is 12.5 Å². The molecule has 0 saturated carbocycles. The van der Waals surface area contributed by atoms with Crippen LogP contribution in [0.2, 0.25) is 0 Å². The molecule has 0 radical (unpaired) electrons. The van der Waals surface area contributed by atoms with Crippen molar-refractivity contribution in [3.05, 3.63) is 41.0 Å². The van der Waals surface area contributed by atoms with Crippen LogP contribution in [0.3, 0.4) is 0 Å². The first-order chi connectivity index (χ1) is 14.4. The van der Waals surface area contributed by atoms with Crippen molar-refractivity contribution in [2.24, 2.45) is 0 Å². The molecule has 0 bridgehead atoms. The number of aliphatic hydroxyl groups excluding tert-OH is 1. The Bertz CT molecular complexity index is 920. The van der Waals surface area contributed by atoms with E-state index in [1.807, 2.05) is 12.1 Å². The monoisotopic (exact) mass is 416 g/mol. The van der Waals surface area contributed by atoms with Crippen LogP contribution in [0.1, 0.15) is 35.3 Å². The number of fused-ring (bicyclic) bond motifs is 2. The molecule has 0 fully saturated rings. The molecular weight excluding hydrogens is 386 g/mol. The van der Waals surface area contributed by atoms with Gasteiger partial charge in [0.25, 0.3) is 0 Å². The Labute approximate surface area is 177 Å². The second kappa shape index (κ2) is 7.89. The normalized spacial score (nSPS) is 19.7. The van der Waals surface area contributed by atoms with Crippen molar-refractivity contribution >= 4 is 0 Å². The second-order valence-corrected chi connectivity index (χ2v) is 8.38. The molecule has 162 valence electrons. The van der Waals surface area contributed by atoms with E-state index in [9.17, 15) is 5.11 Å². The van der Waals surface area contributed by atoms with Crippen molar-refractivity contribution in [3.8, 4) is 28.7 Å². The minimum Gasteiger partial charge on any atom is -0.497 e. The Morgan fingerprint density at radius 1 is 1.03 bits per heavy atom. The van der Waals surface area contributed by atoms with Gasteiger partial charge in [-0.05, 0) is 29.3 Å². The predicted molar refractivity (Wildman–Crippen MR) is 112 cm³/mol. The van der Waals surface area contributed by atoms with Crippen LogP contribution in [0.5, 0.6) is 28.7 Å². The molecule has 2 aromatic carbocycles. The van der Waals surface area contributed by atoms with Crippen molar-refractivity contribution in [1.82, 2.24) is 0 Å². The number of hydrogen-bond acceptors (Lipinski definition) is 6. The molecule has 0 spiro atoms. The van der Waals surface area contributed by atoms with Gasteiger partial charge in [-0.3, -0.25) is 0 Å². The van der Waals surface area contributed by atoms with Crippen LogP contribution in [-0.2, 0) is 6.42 Å². The molecule has 0 amide bonds. The summed E-state index contributed by atoms with van der Waals surface area (Å²) in [4.78, 5) is 0. The van der Waals surface area contributed by atoms with E-state index in [0.717, 1.165) is 34.3 Å². The van der Waals surface area contributed by atoms with Gasteiger partial charge in [-0.1, -0.05) is 0 Å². The molecule has 4 rings (SSSR count). The summed E-state index contributed by atoms with van der Waals surface area (Å²) in [6.45, 7) is 1.15. The lowest BCUT2D eigenvalue weighted by Crippen LogP contribution is -2.48. The Morgan fingerprint density at radius 3 is 2.37 bits per heavy atom. The van der Waals surface area contributed by atoms with E-state index >= 15 is 0 Å². The molecule has 0 aliphatic carbocycles. The molecule has 2 aliphatic heterocycles.